The van der Waals surface area contributed by atoms with E-state index in [4.69, 9.17) is 12.3 Å². The Bertz CT molecular complexity index is 1010. The topological polar surface area (TPSA) is 65.2 Å². The SMILES string of the molecule is [2H]C([2H])([2H])N(C)C([2H])([2H])C([2H])([2H])c1c[nH]c2ccc(C([2H])([2H])S(=O)(=O)NC)cc12. The van der Waals surface area contributed by atoms with Crippen LogP contribution in [0.5, 0.6) is 0 Å². The van der Waals surface area contributed by atoms with E-state index in [9.17, 15) is 8.42 Å². The summed E-state index contributed by atoms with van der Waals surface area (Å²) in [4.78, 5) is 3.02. The third-order valence-corrected chi connectivity index (χ3v) is 3.60. The van der Waals surface area contributed by atoms with Crippen molar-refractivity contribution < 1.29 is 20.8 Å². The molecule has 2 rings (SSSR count). The zero-order chi connectivity index (χ0) is 22.6. The fraction of sp³-hybridized carbons (Fsp3) is 0.429. The lowest BCUT2D eigenvalue weighted by atomic mass is 10.1. The standard InChI is InChI=1S/C14H21N3O2S/c1-15-20(18,19)10-11-4-5-14-13(8-11)12(9-16-14)6-7-17(2)3/h4-5,8-9,15-16H,6-7,10H2,1-3H3/i2D3,6D2,7D2,10D2. The Morgan fingerprint density at radius 3 is 3.00 bits per heavy atom. The van der Waals surface area contributed by atoms with E-state index in [-0.39, 0.29) is 16.5 Å². The van der Waals surface area contributed by atoms with Gasteiger partial charge in [-0.3, -0.25) is 0 Å². The molecule has 0 saturated carbocycles. The van der Waals surface area contributed by atoms with Gasteiger partial charge in [0.25, 0.3) is 0 Å². The van der Waals surface area contributed by atoms with Crippen molar-refractivity contribution in [1.82, 2.24) is 14.6 Å². The Balaban J connectivity index is 2.69. The normalized spacial score (nSPS) is 21.9. The number of likely N-dealkylation sites (N-methyl/N-ethyl adjacent to an activating group) is 1. The summed E-state index contributed by atoms with van der Waals surface area (Å²) in [6, 6.07) is 3.67. The number of aromatic nitrogens is 1. The van der Waals surface area contributed by atoms with Gasteiger partial charge in [-0.05, 0) is 50.7 Å². The first-order valence-corrected chi connectivity index (χ1v) is 7.18. The maximum absolute atomic E-state index is 12.0. The highest BCUT2D eigenvalue weighted by Crippen LogP contribution is 2.21. The highest BCUT2D eigenvalue weighted by Gasteiger charge is 2.11. The lowest BCUT2D eigenvalue weighted by Crippen LogP contribution is -2.20. The molecule has 0 aliphatic rings. The molecule has 2 N–H and O–H groups in total. The van der Waals surface area contributed by atoms with Crippen LogP contribution in [0.25, 0.3) is 10.9 Å². The molecule has 0 bridgehead atoms. The van der Waals surface area contributed by atoms with E-state index in [1.807, 2.05) is 4.72 Å². The molecule has 0 radical (unpaired) electrons. The zero-order valence-corrected chi connectivity index (χ0v) is 11.8. The first-order valence-electron chi connectivity index (χ1n) is 10.2. The minimum atomic E-state index is -4.39. The summed E-state index contributed by atoms with van der Waals surface area (Å²) in [5.41, 5.74) is -3.10. The molecule has 2 aromatic rings. The molecule has 20 heavy (non-hydrogen) atoms. The first-order chi connectivity index (χ1) is 12.9. The second kappa shape index (κ2) is 5.95. The van der Waals surface area contributed by atoms with Crippen molar-refractivity contribution in [3.05, 3.63) is 35.5 Å². The molecule has 0 aliphatic carbocycles. The van der Waals surface area contributed by atoms with E-state index in [1.54, 1.807) is 0 Å². The van der Waals surface area contributed by atoms with Gasteiger partial charge in [0, 0.05) is 35.9 Å². The van der Waals surface area contributed by atoms with E-state index in [0.717, 1.165) is 26.4 Å². The number of aromatic amines is 1. The maximum Gasteiger partial charge on any atom is 0.215 e. The molecule has 0 amide bonds. The molecule has 0 aliphatic heterocycles. The van der Waals surface area contributed by atoms with Crippen LogP contribution >= 0.6 is 0 Å². The third kappa shape index (κ3) is 3.59. The Morgan fingerprint density at radius 1 is 1.50 bits per heavy atom. The number of sulfonamides is 1. The van der Waals surface area contributed by atoms with E-state index in [2.05, 4.69) is 4.98 Å². The molecule has 0 spiro atoms. The van der Waals surface area contributed by atoms with Crippen molar-refractivity contribution in [2.45, 2.75) is 12.1 Å². The van der Waals surface area contributed by atoms with Gasteiger partial charge in [0.05, 0.1) is 5.70 Å². The number of benzene rings is 1. The van der Waals surface area contributed by atoms with Gasteiger partial charge in [-0.1, -0.05) is 6.07 Å². The van der Waals surface area contributed by atoms with E-state index in [1.165, 1.54) is 12.1 Å². The second-order valence-electron chi connectivity index (χ2n) is 4.07. The summed E-state index contributed by atoms with van der Waals surface area (Å²) in [6.07, 6.45) is -1.69. The predicted molar refractivity (Wildman–Crippen MR) is 82.2 cm³/mol. The lowest BCUT2D eigenvalue weighted by molar-refractivity contribution is 0.414. The number of hydrogen-bond acceptors (Lipinski definition) is 3. The highest BCUT2D eigenvalue weighted by atomic mass is 32.2. The van der Waals surface area contributed by atoms with Crippen molar-refractivity contribution in [1.29, 1.82) is 0 Å². The van der Waals surface area contributed by atoms with Crippen LogP contribution < -0.4 is 4.72 Å². The first kappa shape index (κ1) is 7.06. The summed E-state index contributed by atoms with van der Waals surface area (Å²) in [7, 11) is -2.39. The molecule has 1 aromatic heterocycles. The lowest BCUT2D eigenvalue weighted by Gasteiger charge is -2.08. The molecule has 110 valence electrons. The summed E-state index contributed by atoms with van der Waals surface area (Å²) in [5.74, 6) is 0. The van der Waals surface area contributed by atoms with E-state index >= 15 is 0 Å². The minimum Gasteiger partial charge on any atom is -0.361 e. The average Bonchev–Trinajstić information content (AvgIpc) is 3.03. The van der Waals surface area contributed by atoms with Gasteiger partial charge in [0.15, 0.2) is 0 Å². The van der Waals surface area contributed by atoms with E-state index in [0.29, 0.717) is 10.4 Å². The summed E-state index contributed by atoms with van der Waals surface area (Å²) in [5, 5.41) is 0.0329. The molecule has 1 heterocycles. The van der Waals surface area contributed by atoms with E-state index < -0.39 is 35.6 Å². The van der Waals surface area contributed by atoms with Gasteiger partial charge >= 0.3 is 0 Å². The third-order valence-electron chi connectivity index (χ3n) is 2.56. The number of fused-ring (bicyclic) bond motifs is 1. The van der Waals surface area contributed by atoms with Crippen molar-refractivity contribution >= 4 is 20.9 Å². The number of aryl methyl sites for hydroxylation is 1. The van der Waals surface area contributed by atoms with Crippen LogP contribution in [0.15, 0.2) is 24.4 Å². The van der Waals surface area contributed by atoms with Gasteiger partial charge in [-0.25, -0.2) is 13.1 Å². The maximum atomic E-state index is 12.0. The van der Waals surface area contributed by atoms with Crippen LogP contribution in [-0.2, 0) is 22.1 Å². The van der Waals surface area contributed by atoms with Crippen LogP contribution in [0.1, 0.15) is 23.5 Å². The quantitative estimate of drug-likeness (QED) is 0.846. The molecule has 1 aromatic carbocycles. The number of hydrogen-bond donors (Lipinski definition) is 2. The fourth-order valence-corrected chi connectivity index (χ4v) is 2.18. The fourth-order valence-electron chi connectivity index (χ4n) is 1.64. The summed E-state index contributed by atoms with van der Waals surface area (Å²) >= 11 is 0. The van der Waals surface area contributed by atoms with Crippen molar-refractivity contribution in [2.24, 2.45) is 0 Å². The highest BCUT2D eigenvalue weighted by molar-refractivity contribution is 7.88. The average molecular weight is 304 g/mol. The Morgan fingerprint density at radius 2 is 2.30 bits per heavy atom. The molecular weight excluding hydrogens is 274 g/mol. The van der Waals surface area contributed by atoms with Gasteiger partial charge in [0.2, 0.25) is 10.0 Å². The number of nitrogens with zero attached hydrogens (tertiary/aromatic N) is 1. The van der Waals surface area contributed by atoms with Crippen LogP contribution in [-0.4, -0.2) is 45.9 Å². The monoisotopic (exact) mass is 304 g/mol. The Kier molecular flexibility index (Phi) is 2.10. The van der Waals surface area contributed by atoms with Crippen molar-refractivity contribution in [3.63, 3.8) is 0 Å². The molecule has 0 unspecified atom stereocenters. The van der Waals surface area contributed by atoms with Gasteiger partial charge in [-0.2, -0.15) is 0 Å². The summed E-state index contributed by atoms with van der Waals surface area (Å²) < 4.78 is 96.9. The van der Waals surface area contributed by atoms with Crippen molar-refractivity contribution in [2.75, 3.05) is 27.6 Å². The smallest absolute Gasteiger partial charge is 0.215 e. The number of H-pyrrole nitrogens is 1. The van der Waals surface area contributed by atoms with Gasteiger partial charge in [-0.15, -0.1) is 0 Å². The van der Waals surface area contributed by atoms with Gasteiger partial charge < -0.3 is 9.88 Å². The van der Waals surface area contributed by atoms with Crippen molar-refractivity contribution in [3.8, 4) is 0 Å². The molecule has 6 heteroatoms. The molecule has 0 fully saturated rings. The molecule has 0 atom stereocenters. The molecule has 5 nitrogen and oxygen atoms in total. The Hall–Kier alpha value is -1.37. The largest absolute Gasteiger partial charge is 0.361 e. The summed E-state index contributed by atoms with van der Waals surface area (Å²) in [6.45, 7) is -5.88. The van der Waals surface area contributed by atoms with Gasteiger partial charge in [0.1, 0.15) is 0 Å². The molecular formula is C14H21N3O2S. The molecule has 0 saturated heterocycles. The Labute approximate surface area is 132 Å². The van der Waals surface area contributed by atoms with Crippen LogP contribution in [0.2, 0.25) is 0 Å². The number of rotatable bonds is 6. The second-order valence-corrected chi connectivity index (χ2v) is 5.69. The van der Waals surface area contributed by atoms with Crippen LogP contribution in [0, 0.1) is 0 Å². The zero-order valence-electron chi connectivity index (χ0n) is 20.0. The predicted octanol–water partition coefficient (Wildman–Crippen LogP) is 1.32. The minimum absolute atomic E-state index is 0.0329. The van der Waals surface area contributed by atoms with Crippen LogP contribution in [0.4, 0.5) is 0 Å². The van der Waals surface area contributed by atoms with Crippen LogP contribution in [0.3, 0.4) is 0 Å². The number of nitrogens with one attached hydrogen (secondary N) is 2.